The molecule has 0 bridgehead atoms. The number of carbonyl (C=O) groups is 1. The summed E-state index contributed by atoms with van der Waals surface area (Å²) >= 11 is 0. The van der Waals surface area contributed by atoms with Gasteiger partial charge in [-0.05, 0) is 19.1 Å². The fourth-order valence-corrected chi connectivity index (χ4v) is 1.79. The third kappa shape index (κ3) is 2.80. The number of esters is 1. The molecule has 0 saturated carbocycles. The van der Waals surface area contributed by atoms with Crippen LogP contribution in [0.5, 0.6) is 0 Å². The molecule has 0 fully saturated rings. The number of para-hydroxylation sites is 1. The van der Waals surface area contributed by atoms with Crippen molar-refractivity contribution >= 4 is 11.7 Å². The number of pyridine rings is 1. The Bertz CT molecular complexity index is 655. The predicted octanol–water partition coefficient (Wildman–Crippen LogP) is 2.83. The summed E-state index contributed by atoms with van der Waals surface area (Å²) in [6.45, 7) is 1.96. The number of carbonyl (C=O) groups excluding carboxylic acids is 1. The summed E-state index contributed by atoms with van der Waals surface area (Å²) < 4.78 is 4.88. The second-order valence-corrected chi connectivity index (χ2v) is 3.96. The first kappa shape index (κ1) is 13.7. The van der Waals surface area contributed by atoms with E-state index in [0.29, 0.717) is 11.1 Å². The Kier molecular flexibility index (Phi) is 4.05. The molecule has 0 saturated heterocycles. The number of nitro groups is 1. The molecule has 6 nitrogen and oxygen atoms in total. The number of hydrogen-bond donors (Lipinski definition) is 0. The second-order valence-electron chi connectivity index (χ2n) is 3.96. The number of rotatable bonds is 4. The largest absolute Gasteiger partial charge is 0.462 e. The molecular weight excluding hydrogens is 260 g/mol. The highest BCUT2D eigenvalue weighted by Gasteiger charge is 2.16. The minimum Gasteiger partial charge on any atom is -0.462 e. The Morgan fingerprint density at radius 1 is 1.35 bits per heavy atom. The van der Waals surface area contributed by atoms with E-state index >= 15 is 0 Å². The van der Waals surface area contributed by atoms with E-state index in [4.69, 9.17) is 4.74 Å². The van der Waals surface area contributed by atoms with Crippen LogP contribution in [-0.2, 0) is 4.74 Å². The van der Waals surface area contributed by atoms with Gasteiger partial charge in [0.2, 0.25) is 0 Å². The van der Waals surface area contributed by atoms with Crippen LogP contribution < -0.4 is 0 Å². The molecule has 1 aromatic heterocycles. The molecular formula is C14H12N2O4. The van der Waals surface area contributed by atoms with Crippen molar-refractivity contribution in [2.24, 2.45) is 0 Å². The molecule has 0 radical (unpaired) electrons. The minimum atomic E-state index is -0.500. The van der Waals surface area contributed by atoms with Crippen LogP contribution in [0.25, 0.3) is 11.1 Å². The molecule has 2 rings (SSSR count). The maximum Gasteiger partial charge on any atom is 0.339 e. The van der Waals surface area contributed by atoms with E-state index in [1.807, 2.05) is 0 Å². The molecule has 0 amide bonds. The van der Waals surface area contributed by atoms with E-state index in [1.165, 1.54) is 24.5 Å². The lowest BCUT2D eigenvalue weighted by Crippen LogP contribution is -2.05. The van der Waals surface area contributed by atoms with Gasteiger partial charge in [-0.3, -0.25) is 15.1 Å². The van der Waals surface area contributed by atoms with Gasteiger partial charge >= 0.3 is 5.97 Å². The third-order valence-corrected chi connectivity index (χ3v) is 2.66. The van der Waals surface area contributed by atoms with E-state index in [9.17, 15) is 14.9 Å². The van der Waals surface area contributed by atoms with Gasteiger partial charge in [0.05, 0.1) is 22.7 Å². The zero-order chi connectivity index (χ0) is 14.5. The summed E-state index contributed by atoms with van der Waals surface area (Å²) in [5.41, 5.74) is 1.15. The van der Waals surface area contributed by atoms with Crippen molar-refractivity contribution < 1.29 is 14.5 Å². The second kappa shape index (κ2) is 5.92. The minimum absolute atomic E-state index is 0.0321. The van der Waals surface area contributed by atoms with Crippen molar-refractivity contribution in [1.82, 2.24) is 4.98 Å². The van der Waals surface area contributed by atoms with Crippen molar-refractivity contribution in [2.75, 3.05) is 6.61 Å². The highest BCUT2D eigenvalue weighted by molar-refractivity contribution is 5.91. The Morgan fingerprint density at radius 3 is 2.80 bits per heavy atom. The molecule has 0 N–H and O–H groups in total. The SMILES string of the molecule is CCOC(=O)c1cncc(-c2ccccc2[N+](=O)[O-])c1. The van der Waals surface area contributed by atoms with Gasteiger partial charge < -0.3 is 4.74 Å². The normalized spacial score (nSPS) is 10.1. The van der Waals surface area contributed by atoms with Gasteiger partial charge in [0, 0.05) is 24.0 Å². The van der Waals surface area contributed by atoms with Crippen molar-refractivity contribution in [3.05, 3.63) is 58.4 Å². The van der Waals surface area contributed by atoms with Crippen molar-refractivity contribution in [3.63, 3.8) is 0 Å². The quantitative estimate of drug-likeness (QED) is 0.485. The van der Waals surface area contributed by atoms with Crippen molar-refractivity contribution in [2.45, 2.75) is 6.92 Å². The number of ether oxygens (including phenoxy) is 1. The lowest BCUT2D eigenvalue weighted by Gasteiger charge is -2.05. The van der Waals surface area contributed by atoms with E-state index in [0.717, 1.165) is 0 Å². The molecule has 102 valence electrons. The molecule has 1 heterocycles. The molecule has 0 spiro atoms. The van der Waals surface area contributed by atoms with Gasteiger partial charge in [0.25, 0.3) is 5.69 Å². The van der Waals surface area contributed by atoms with E-state index in [2.05, 4.69) is 4.98 Å². The van der Waals surface area contributed by atoms with Crippen LogP contribution in [0.1, 0.15) is 17.3 Å². The molecule has 0 aliphatic carbocycles. The molecule has 6 heteroatoms. The molecule has 20 heavy (non-hydrogen) atoms. The zero-order valence-electron chi connectivity index (χ0n) is 10.8. The average Bonchev–Trinajstić information content (AvgIpc) is 2.47. The van der Waals surface area contributed by atoms with Crippen LogP contribution in [0.15, 0.2) is 42.7 Å². The molecule has 0 unspecified atom stereocenters. The van der Waals surface area contributed by atoms with E-state index < -0.39 is 10.9 Å². The Balaban J connectivity index is 2.46. The lowest BCUT2D eigenvalue weighted by atomic mass is 10.0. The van der Waals surface area contributed by atoms with Gasteiger partial charge in [0.1, 0.15) is 0 Å². The highest BCUT2D eigenvalue weighted by Crippen LogP contribution is 2.29. The van der Waals surface area contributed by atoms with Gasteiger partial charge in [-0.25, -0.2) is 4.79 Å². The van der Waals surface area contributed by atoms with E-state index in [-0.39, 0.29) is 17.9 Å². The van der Waals surface area contributed by atoms with Crippen LogP contribution in [0.2, 0.25) is 0 Å². The summed E-state index contributed by atoms with van der Waals surface area (Å²) in [5.74, 6) is -0.500. The summed E-state index contributed by atoms with van der Waals surface area (Å²) in [5, 5.41) is 11.0. The van der Waals surface area contributed by atoms with E-state index in [1.54, 1.807) is 25.1 Å². The number of nitro benzene ring substituents is 1. The first-order valence-electron chi connectivity index (χ1n) is 5.99. The predicted molar refractivity (Wildman–Crippen MR) is 72.3 cm³/mol. The number of aromatic nitrogens is 1. The van der Waals surface area contributed by atoms with Gasteiger partial charge in [-0.15, -0.1) is 0 Å². The smallest absolute Gasteiger partial charge is 0.339 e. The van der Waals surface area contributed by atoms with Crippen LogP contribution in [0.3, 0.4) is 0 Å². The first-order valence-corrected chi connectivity index (χ1v) is 5.99. The fraction of sp³-hybridized carbons (Fsp3) is 0.143. The third-order valence-electron chi connectivity index (χ3n) is 2.66. The Labute approximate surface area is 115 Å². The maximum atomic E-state index is 11.7. The van der Waals surface area contributed by atoms with Crippen LogP contribution in [-0.4, -0.2) is 22.5 Å². The summed E-state index contributed by atoms with van der Waals surface area (Å²) in [6, 6.07) is 7.84. The summed E-state index contributed by atoms with van der Waals surface area (Å²) in [7, 11) is 0. The number of hydrogen-bond acceptors (Lipinski definition) is 5. The molecule has 2 aromatic rings. The molecule has 0 atom stereocenters. The zero-order valence-corrected chi connectivity index (χ0v) is 10.8. The van der Waals surface area contributed by atoms with Crippen LogP contribution >= 0.6 is 0 Å². The average molecular weight is 272 g/mol. The highest BCUT2D eigenvalue weighted by atomic mass is 16.6. The number of benzene rings is 1. The van der Waals surface area contributed by atoms with Gasteiger partial charge in [-0.2, -0.15) is 0 Å². The van der Waals surface area contributed by atoms with Gasteiger partial charge in [0.15, 0.2) is 0 Å². The maximum absolute atomic E-state index is 11.7. The number of nitrogens with zero attached hydrogens (tertiary/aromatic N) is 2. The first-order chi connectivity index (χ1) is 9.63. The Morgan fingerprint density at radius 2 is 2.10 bits per heavy atom. The molecule has 1 aromatic carbocycles. The monoisotopic (exact) mass is 272 g/mol. The standard InChI is InChI=1S/C14H12N2O4/c1-2-20-14(17)11-7-10(8-15-9-11)12-5-3-4-6-13(12)16(18)19/h3-9H,2H2,1H3. The summed E-state index contributed by atoms with van der Waals surface area (Å²) in [6.07, 6.45) is 2.85. The fourth-order valence-electron chi connectivity index (χ4n) is 1.79. The Hall–Kier alpha value is -2.76. The topological polar surface area (TPSA) is 82.3 Å². The lowest BCUT2D eigenvalue weighted by molar-refractivity contribution is -0.384. The van der Waals surface area contributed by atoms with Crippen molar-refractivity contribution in [1.29, 1.82) is 0 Å². The summed E-state index contributed by atoms with van der Waals surface area (Å²) in [4.78, 5) is 26.1. The van der Waals surface area contributed by atoms with Crippen LogP contribution in [0.4, 0.5) is 5.69 Å². The van der Waals surface area contributed by atoms with Crippen LogP contribution in [0, 0.1) is 10.1 Å². The molecule has 0 aliphatic heterocycles. The van der Waals surface area contributed by atoms with Crippen molar-refractivity contribution in [3.8, 4) is 11.1 Å². The molecule has 0 aliphatic rings. The van der Waals surface area contributed by atoms with Gasteiger partial charge in [-0.1, -0.05) is 12.1 Å².